The molecular weight excluding hydrogens is 269 g/mol. The molecule has 2 rings (SSSR count). The monoisotopic (exact) mass is 277 g/mol. The van der Waals surface area contributed by atoms with Gasteiger partial charge in [0.25, 0.3) is 0 Å². The normalized spacial score (nSPS) is 10.9. The van der Waals surface area contributed by atoms with Crippen LogP contribution in [0.25, 0.3) is 0 Å². The van der Waals surface area contributed by atoms with Crippen LogP contribution in [-0.4, -0.2) is 6.21 Å². The molecule has 0 amide bonds. The predicted molar refractivity (Wildman–Crippen MR) is 67.8 cm³/mol. The molecule has 0 N–H and O–H groups in total. The zero-order valence-corrected chi connectivity index (χ0v) is 9.99. The smallest absolute Gasteiger partial charge is 0.162 e. The maximum atomic E-state index is 13.5. The van der Waals surface area contributed by atoms with Gasteiger partial charge in [-0.25, -0.2) is 4.39 Å². The quantitative estimate of drug-likeness (QED) is 0.725. The average Bonchev–Trinajstić information content (AvgIpc) is 2.32. The van der Waals surface area contributed by atoms with Crippen LogP contribution in [0.4, 0.5) is 10.1 Å². The third kappa shape index (κ3) is 2.55. The molecular formula is C13H9BrFN. The van der Waals surface area contributed by atoms with Gasteiger partial charge in [-0.1, -0.05) is 36.4 Å². The van der Waals surface area contributed by atoms with Gasteiger partial charge in [0.2, 0.25) is 0 Å². The lowest BCUT2D eigenvalue weighted by Crippen LogP contribution is -1.81. The fourth-order valence-electron chi connectivity index (χ4n) is 1.28. The van der Waals surface area contributed by atoms with Gasteiger partial charge in [-0.05, 0) is 33.6 Å². The van der Waals surface area contributed by atoms with E-state index < -0.39 is 0 Å². The lowest BCUT2D eigenvalue weighted by molar-refractivity contribution is 0.623. The molecule has 0 aromatic heterocycles. The molecule has 1 nitrogen and oxygen atoms in total. The van der Waals surface area contributed by atoms with E-state index in [4.69, 9.17) is 0 Å². The minimum absolute atomic E-state index is 0.332. The molecule has 0 unspecified atom stereocenters. The lowest BCUT2D eigenvalue weighted by atomic mass is 10.2. The molecule has 0 saturated heterocycles. The Kier molecular flexibility index (Phi) is 3.47. The second kappa shape index (κ2) is 5.03. The highest BCUT2D eigenvalue weighted by atomic mass is 79.9. The van der Waals surface area contributed by atoms with Gasteiger partial charge in [0.1, 0.15) is 0 Å². The number of benzene rings is 2. The van der Waals surface area contributed by atoms with Gasteiger partial charge in [-0.2, -0.15) is 0 Å². The Bertz CT molecular complexity index is 509. The first kappa shape index (κ1) is 11.0. The fourth-order valence-corrected chi connectivity index (χ4v) is 1.63. The minimum atomic E-state index is -0.338. The van der Waals surface area contributed by atoms with Crippen molar-refractivity contribution in [3.8, 4) is 0 Å². The predicted octanol–water partition coefficient (Wildman–Crippen LogP) is 4.34. The zero-order valence-electron chi connectivity index (χ0n) is 8.40. The first-order valence-electron chi connectivity index (χ1n) is 4.80. The van der Waals surface area contributed by atoms with Gasteiger partial charge in [-0.15, -0.1) is 0 Å². The second-order valence-corrected chi connectivity index (χ2v) is 4.10. The number of hydrogen-bond acceptors (Lipinski definition) is 1. The van der Waals surface area contributed by atoms with Gasteiger partial charge in [-0.3, -0.25) is 4.99 Å². The molecule has 0 radical (unpaired) electrons. The summed E-state index contributed by atoms with van der Waals surface area (Å²) in [6.07, 6.45) is 1.64. The topological polar surface area (TPSA) is 12.4 Å². The molecule has 2 aromatic carbocycles. The summed E-state index contributed by atoms with van der Waals surface area (Å²) in [5.41, 5.74) is 1.28. The van der Waals surface area contributed by atoms with Crippen LogP contribution in [0.1, 0.15) is 5.56 Å². The zero-order chi connectivity index (χ0) is 11.4. The van der Waals surface area contributed by atoms with E-state index in [2.05, 4.69) is 20.9 Å². The van der Waals surface area contributed by atoms with Gasteiger partial charge < -0.3 is 0 Å². The molecule has 2 aromatic rings. The van der Waals surface area contributed by atoms with Crippen LogP contribution in [0.5, 0.6) is 0 Å². The summed E-state index contributed by atoms with van der Waals surface area (Å²) in [5, 5.41) is 0. The molecule has 0 fully saturated rings. The van der Waals surface area contributed by atoms with Gasteiger partial charge in [0, 0.05) is 6.21 Å². The van der Waals surface area contributed by atoms with Crippen LogP contribution in [-0.2, 0) is 0 Å². The van der Waals surface area contributed by atoms with Gasteiger partial charge >= 0.3 is 0 Å². The first-order valence-corrected chi connectivity index (χ1v) is 5.60. The molecule has 0 aliphatic heterocycles. The molecule has 0 saturated carbocycles. The number of aliphatic imine (C=N–C) groups is 1. The van der Waals surface area contributed by atoms with Crippen molar-refractivity contribution in [1.29, 1.82) is 0 Å². The summed E-state index contributed by atoms with van der Waals surface area (Å²) < 4.78 is 14.0. The van der Waals surface area contributed by atoms with E-state index in [1.165, 1.54) is 0 Å². The number of rotatable bonds is 2. The summed E-state index contributed by atoms with van der Waals surface area (Å²) in [5.74, 6) is -0.338. The Morgan fingerprint density at radius 3 is 2.50 bits per heavy atom. The fraction of sp³-hybridized carbons (Fsp3) is 0. The van der Waals surface area contributed by atoms with Crippen molar-refractivity contribution in [3.05, 3.63) is 64.4 Å². The SMILES string of the molecule is Fc1c(Br)cccc1N=Cc1ccccc1. The molecule has 16 heavy (non-hydrogen) atoms. The van der Waals surface area contributed by atoms with E-state index in [0.717, 1.165) is 5.56 Å². The van der Waals surface area contributed by atoms with E-state index in [9.17, 15) is 4.39 Å². The number of hydrogen-bond donors (Lipinski definition) is 0. The number of nitrogens with zero attached hydrogens (tertiary/aromatic N) is 1. The van der Waals surface area contributed by atoms with Crippen LogP contribution in [0.15, 0.2) is 58.0 Å². The molecule has 0 aliphatic rings. The summed E-state index contributed by atoms with van der Waals surface area (Å²) in [4.78, 5) is 4.11. The largest absolute Gasteiger partial charge is 0.253 e. The van der Waals surface area contributed by atoms with Crippen LogP contribution < -0.4 is 0 Å². The Morgan fingerprint density at radius 1 is 1.00 bits per heavy atom. The van der Waals surface area contributed by atoms with Crippen molar-refractivity contribution in [1.82, 2.24) is 0 Å². The molecule has 80 valence electrons. The molecule has 0 aliphatic carbocycles. The highest BCUT2D eigenvalue weighted by Gasteiger charge is 2.02. The maximum absolute atomic E-state index is 13.5. The molecule has 3 heteroatoms. The third-order valence-electron chi connectivity index (χ3n) is 2.08. The first-order chi connectivity index (χ1) is 7.77. The second-order valence-electron chi connectivity index (χ2n) is 3.24. The van der Waals surface area contributed by atoms with Crippen molar-refractivity contribution < 1.29 is 4.39 Å². The minimum Gasteiger partial charge on any atom is -0.253 e. The summed E-state index contributed by atoms with van der Waals surface area (Å²) in [6.45, 7) is 0. The molecule has 0 bridgehead atoms. The van der Waals surface area contributed by atoms with Crippen LogP contribution in [0, 0.1) is 5.82 Å². The molecule has 0 atom stereocenters. The highest BCUT2D eigenvalue weighted by Crippen LogP contribution is 2.24. The van der Waals surface area contributed by atoms with Crippen LogP contribution >= 0.6 is 15.9 Å². The van der Waals surface area contributed by atoms with Crippen LogP contribution in [0.2, 0.25) is 0 Å². The van der Waals surface area contributed by atoms with Crippen molar-refractivity contribution in [3.63, 3.8) is 0 Å². The average molecular weight is 278 g/mol. The summed E-state index contributed by atoms with van der Waals surface area (Å²) in [7, 11) is 0. The van der Waals surface area contributed by atoms with E-state index >= 15 is 0 Å². The third-order valence-corrected chi connectivity index (χ3v) is 2.70. The van der Waals surface area contributed by atoms with Crippen molar-refractivity contribution in [2.24, 2.45) is 4.99 Å². The van der Waals surface area contributed by atoms with E-state index in [-0.39, 0.29) is 5.82 Å². The van der Waals surface area contributed by atoms with E-state index in [0.29, 0.717) is 10.2 Å². The molecule has 0 spiro atoms. The lowest BCUT2D eigenvalue weighted by Gasteiger charge is -1.98. The standard InChI is InChI=1S/C13H9BrFN/c14-11-7-4-8-12(13(11)15)16-9-10-5-2-1-3-6-10/h1-9H. The Morgan fingerprint density at radius 2 is 1.75 bits per heavy atom. The van der Waals surface area contributed by atoms with Crippen molar-refractivity contribution in [2.75, 3.05) is 0 Å². The van der Waals surface area contributed by atoms with Gasteiger partial charge in [0.15, 0.2) is 5.82 Å². The van der Waals surface area contributed by atoms with E-state index in [1.54, 1.807) is 24.4 Å². The molecule has 0 heterocycles. The maximum Gasteiger partial charge on any atom is 0.162 e. The van der Waals surface area contributed by atoms with E-state index in [1.807, 2.05) is 30.3 Å². The Labute approximate surface area is 102 Å². The Hall–Kier alpha value is -1.48. The van der Waals surface area contributed by atoms with Crippen molar-refractivity contribution in [2.45, 2.75) is 0 Å². The van der Waals surface area contributed by atoms with Crippen molar-refractivity contribution >= 4 is 27.8 Å². The summed E-state index contributed by atoms with van der Waals surface area (Å²) in [6, 6.07) is 14.6. The Balaban J connectivity index is 2.28. The summed E-state index contributed by atoms with van der Waals surface area (Å²) >= 11 is 3.12. The van der Waals surface area contributed by atoms with Gasteiger partial charge in [0.05, 0.1) is 10.2 Å². The highest BCUT2D eigenvalue weighted by molar-refractivity contribution is 9.10. The van der Waals surface area contributed by atoms with Crippen LogP contribution in [0.3, 0.4) is 0 Å². The number of halogens is 2.